The number of carbonyl (C=O) groups excluding carboxylic acids is 2. The monoisotopic (exact) mass is 492 g/mol. The van der Waals surface area contributed by atoms with Crippen molar-refractivity contribution >= 4 is 46.8 Å². The molecule has 172 valence electrons. The molecule has 0 radical (unpaired) electrons. The summed E-state index contributed by atoms with van der Waals surface area (Å²) in [6.45, 7) is 4.11. The van der Waals surface area contributed by atoms with Gasteiger partial charge in [0, 0.05) is 39.7 Å². The maximum atomic E-state index is 13.2. The first-order chi connectivity index (χ1) is 15.3. The van der Waals surface area contributed by atoms with Gasteiger partial charge in [0.2, 0.25) is 11.8 Å². The van der Waals surface area contributed by atoms with E-state index in [1.807, 2.05) is 6.07 Å². The number of nitrogens with zero attached hydrogens (tertiary/aromatic N) is 1. The summed E-state index contributed by atoms with van der Waals surface area (Å²) in [5, 5.41) is 4.15. The minimum atomic E-state index is -0.584. The lowest BCUT2D eigenvalue weighted by Crippen LogP contribution is -2.49. The lowest BCUT2D eigenvalue weighted by Gasteiger charge is -2.30. The molecule has 2 aromatic rings. The highest BCUT2D eigenvalue weighted by molar-refractivity contribution is 7.99. The third-order valence-electron chi connectivity index (χ3n) is 5.83. The number of benzene rings is 2. The van der Waals surface area contributed by atoms with Crippen molar-refractivity contribution < 1.29 is 9.59 Å². The van der Waals surface area contributed by atoms with Crippen LogP contribution in [0.25, 0.3) is 0 Å². The zero-order valence-corrected chi connectivity index (χ0v) is 20.9. The zero-order valence-electron chi connectivity index (χ0n) is 18.6. The standard InChI is InChI=1S/C25H30Cl2N2O2S/c1-17-7-11-22(12-8-17)32-14-13-24(30)29(16-19-9-10-20(26)15-23(19)27)18(2)25(31)28-21-5-3-4-6-21/h7-12,15,18,21H,3-6,13-14,16H2,1-2H3,(H,28,31). The van der Waals surface area contributed by atoms with Crippen molar-refractivity contribution in [2.24, 2.45) is 0 Å². The van der Waals surface area contributed by atoms with Crippen molar-refractivity contribution in [1.29, 1.82) is 0 Å². The number of amides is 2. The molecule has 1 unspecified atom stereocenters. The Balaban J connectivity index is 1.68. The Labute approximate surface area is 205 Å². The first kappa shape index (κ1) is 24.9. The Bertz CT molecular complexity index is 930. The minimum absolute atomic E-state index is 0.0651. The van der Waals surface area contributed by atoms with Gasteiger partial charge >= 0.3 is 0 Å². The molecule has 32 heavy (non-hydrogen) atoms. The molecule has 1 aliphatic rings. The van der Waals surface area contributed by atoms with Crippen molar-refractivity contribution in [1.82, 2.24) is 10.2 Å². The number of rotatable bonds is 9. The molecule has 0 bridgehead atoms. The maximum absolute atomic E-state index is 13.2. The molecular formula is C25H30Cl2N2O2S. The van der Waals surface area contributed by atoms with Crippen molar-refractivity contribution in [2.75, 3.05) is 5.75 Å². The van der Waals surface area contributed by atoms with Gasteiger partial charge in [0.05, 0.1) is 0 Å². The molecule has 7 heteroatoms. The van der Waals surface area contributed by atoms with Crippen LogP contribution in [-0.2, 0) is 16.1 Å². The molecule has 0 aromatic heterocycles. The molecule has 0 spiro atoms. The van der Waals surface area contributed by atoms with E-state index in [0.717, 1.165) is 36.1 Å². The Kier molecular flexibility index (Phi) is 9.33. The van der Waals surface area contributed by atoms with Crippen LogP contribution >= 0.6 is 35.0 Å². The third-order valence-corrected chi connectivity index (χ3v) is 7.43. The Morgan fingerprint density at radius 2 is 1.81 bits per heavy atom. The zero-order chi connectivity index (χ0) is 23.1. The second-order valence-electron chi connectivity index (χ2n) is 8.33. The lowest BCUT2D eigenvalue weighted by molar-refractivity contribution is -0.140. The lowest BCUT2D eigenvalue weighted by atomic mass is 10.1. The second kappa shape index (κ2) is 12.0. The maximum Gasteiger partial charge on any atom is 0.242 e. The SMILES string of the molecule is Cc1ccc(SCCC(=O)N(Cc2ccc(Cl)cc2Cl)C(C)C(=O)NC2CCCC2)cc1. The Morgan fingerprint density at radius 1 is 1.12 bits per heavy atom. The summed E-state index contributed by atoms with van der Waals surface area (Å²) in [5.74, 6) is 0.468. The van der Waals surface area contributed by atoms with E-state index in [1.165, 1.54) is 5.56 Å². The van der Waals surface area contributed by atoms with Gasteiger partial charge in [0.25, 0.3) is 0 Å². The molecule has 2 aromatic carbocycles. The van der Waals surface area contributed by atoms with E-state index in [-0.39, 0.29) is 24.4 Å². The summed E-state index contributed by atoms with van der Waals surface area (Å²) in [4.78, 5) is 28.9. The first-order valence-electron chi connectivity index (χ1n) is 11.1. The second-order valence-corrected chi connectivity index (χ2v) is 10.3. The van der Waals surface area contributed by atoms with Gasteiger partial charge in [-0.15, -0.1) is 11.8 Å². The normalized spacial score (nSPS) is 14.9. The molecule has 0 aliphatic heterocycles. The van der Waals surface area contributed by atoms with Crippen LogP contribution in [0.1, 0.15) is 50.2 Å². The van der Waals surface area contributed by atoms with Gasteiger partial charge in [0.1, 0.15) is 6.04 Å². The first-order valence-corrected chi connectivity index (χ1v) is 12.8. The number of halogens is 2. The minimum Gasteiger partial charge on any atom is -0.352 e. The molecule has 4 nitrogen and oxygen atoms in total. The number of hydrogen-bond acceptors (Lipinski definition) is 3. The summed E-state index contributed by atoms with van der Waals surface area (Å²) in [5.41, 5.74) is 1.98. The predicted molar refractivity (Wildman–Crippen MR) is 133 cm³/mol. The Morgan fingerprint density at radius 3 is 2.47 bits per heavy atom. The summed E-state index contributed by atoms with van der Waals surface area (Å²) < 4.78 is 0. The largest absolute Gasteiger partial charge is 0.352 e. The molecule has 3 rings (SSSR count). The number of carbonyl (C=O) groups is 2. The van der Waals surface area contributed by atoms with Crippen molar-refractivity contribution in [3.63, 3.8) is 0 Å². The van der Waals surface area contributed by atoms with E-state index >= 15 is 0 Å². The van der Waals surface area contributed by atoms with Gasteiger partial charge in [-0.3, -0.25) is 9.59 Å². The van der Waals surface area contributed by atoms with Crippen LogP contribution in [0, 0.1) is 6.92 Å². The van der Waals surface area contributed by atoms with Crippen LogP contribution in [0.5, 0.6) is 0 Å². The highest BCUT2D eigenvalue weighted by Crippen LogP contribution is 2.25. The summed E-state index contributed by atoms with van der Waals surface area (Å²) >= 11 is 14.0. The molecule has 1 atom stereocenters. The number of thioether (sulfide) groups is 1. The number of aryl methyl sites for hydroxylation is 1. The third kappa shape index (κ3) is 7.16. The highest BCUT2D eigenvalue weighted by atomic mass is 35.5. The summed E-state index contributed by atoms with van der Waals surface area (Å²) in [7, 11) is 0. The van der Waals surface area contributed by atoms with E-state index in [0.29, 0.717) is 22.2 Å². The molecule has 1 fully saturated rings. The van der Waals surface area contributed by atoms with Gasteiger partial charge in [0.15, 0.2) is 0 Å². The van der Waals surface area contributed by atoms with E-state index in [1.54, 1.807) is 35.7 Å². The van der Waals surface area contributed by atoms with Crippen LogP contribution in [0.4, 0.5) is 0 Å². The van der Waals surface area contributed by atoms with E-state index in [9.17, 15) is 9.59 Å². The van der Waals surface area contributed by atoms with Crippen LogP contribution < -0.4 is 5.32 Å². The molecule has 1 aliphatic carbocycles. The van der Waals surface area contributed by atoms with E-state index in [4.69, 9.17) is 23.2 Å². The average Bonchev–Trinajstić information content (AvgIpc) is 3.27. The van der Waals surface area contributed by atoms with Gasteiger partial charge in [-0.05, 0) is 56.5 Å². The predicted octanol–water partition coefficient (Wildman–Crippen LogP) is 6.26. The number of hydrogen-bond donors (Lipinski definition) is 1. The topological polar surface area (TPSA) is 49.4 Å². The Hall–Kier alpha value is -1.69. The van der Waals surface area contributed by atoms with Crippen molar-refractivity contribution in [3.05, 3.63) is 63.6 Å². The van der Waals surface area contributed by atoms with Crippen molar-refractivity contribution in [2.45, 2.75) is 69.5 Å². The van der Waals surface area contributed by atoms with Gasteiger partial charge in [-0.1, -0.05) is 59.8 Å². The quantitative estimate of drug-likeness (QED) is 0.420. The molecule has 2 amide bonds. The van der Waals surface area contributed by atoms with Crippen LogP contribution in [0.3, 0.4) is 0 Å². The molecular weight excluding hydrogens is 463 g/mol. The van der Waals surface area contributed by atoms with Crippen LogP contribution in [0.15, 0.2) is 47.4 Å². The molecule has 0 saturated heterocycles. The van der Waals surface area contributed by atoms with Gasteiger partial charge < -0.3 is 10.2 Å². The fourth-order valence-electron chi connectivity index (χ4n) is 3.84. The molecule has 1 saturated carbocycles. The smallest absolute Gasteiger partial charge is 0.242 e. The van der Waals surface area contributed by atoms with Gasteiger partial charge in [-0.2, -0.15) is 0 Å². The van der Waals surface area contributed by atoms with Crippen LogP contribution in [0.2, 0.25) is 10.0 Å². The average molecular weight is 494 g/mol. The summed E-state index contributed by atoms with van der Waals surface area (Å²) in [6, 6.07) is 13.1. The van der Waals surface area contributed by atoms with Crippen LogP contribution in [-0.4, -0.2) is 34.6 Å². The van der Waals surface area contributed by atoms with Gasteiger partial charge in [-0.25, -0.2) is 0 Å². The molecule has 0 heterocycles. The molecule has 1 N–H and O–H groups in total. The van der Waals surface area contributed by atoms with E-state index in [2.05, 4.69) is 36.5 Å². The van der Waals surface area contributed by atoms with Crippen molar-refractivity contribution in [3.8, 4) is 0 Å². The fourth-order valence-corrected chi connectivity index (χ4v) is 5.15. The highest BCUT2D eigenvalue weighted by Gasteiger charge is 2.28. The summed E-state index contributed by atoms with van der Waals surface area (Å²) in [6.07, 6.45) is 4.62. The van der Waals surface area contributed by atoms with E-state index < -0.39 is 6.04 Å². The fraction of sp³-hybridized carbons (Fsp3) is 0.440. The number of nitrogens with one attached hydrogen (secondary N) is 1.